The molecule has 1 N–H and O–H groups in total. The van der Waals surface area contributed by atoms with E-state index in [9.17, 15) is 9.59 Å². The van der Waals surface area contributed by atoms with Crippen molar-refractivity contribution in [3.05, 3.63) is 0 Å². The first-order valence-electron chi connectivity index (χ1n) is 7.83. The monoisotopic (exact) mass is 282 g/mol. The third-order valence-corrected chi connectivity index (χ3v) is 4.86. The summed E-state index contributed by atoms with van der Waals surface area (Å²) in [6, 6.07) is -0.277. The Labute approximate surface area is 123 Å². The fourth-order valence-electron chi connectivity index (χ4n) is 2.44. The van der Waals surface area contributed by atoms with E-state index in [1.54, 1.807) is 0 Å². The maximum atomic E-state index is 12.4. The van der Waals surface area contributed by atoms with Crippen LogP contribution in [0.1, 0.15) is 60.8 Å². The number of likely N-dealkylation sites (tertiary alicyclic amines) is 1. The van der Waals surface area contributed by atoms with Crippen molar-refractivity contribution < 1.29 is 9.59 Å². The molecule has 4 heteroatoms. The zero-order valence-corrected chi connectivity index (χ0v) is 13.8. The Balaban J connectivity index is 2.67. The molecule has 2 amide bonds. The second kappa shape index (κ2) is 6.70. The van der Waals surface area contributed by atoms with Crippen molar-refractivity contribution in [2.24, 2.45) is 11.3 Å². The molecule has 1 heterocycles. The van der Waals surface area contributed by atoms with Crippen LogP contribution in [0.15, 0.2) is 0 Å². The predicted molar refractivity (Wildman–Crippen MR) is 81.2 cm³/mol. The first kappa shape index (κ1) is 17.2. The number of hydrogen-bond donors (Lipinski definition) is 1. The quantitative estimate of drug-likeness (QED) is 0.730. The minimum atomic E-state index is -0.332. The molecule has 116 valence electrons. The van der Waals surface area contributed by atoms with Crippen LogP contribution < -0.4 is 5.32 Å². The summed E-state index contributed by atoms with van der Waals surface area (Å²) in [6.45, 7) is 13.5. The van der Waals surface area contributed by atoms with Gasteiger partial charge in [-0.2, -0.15) is 0 Å². The van der Waals surface area contributed by atoms with Crippen LogP contribution in [0.4, 0.5) is 0 Å². The van der Waals surface area contributed by atoms with E-state index in [4.69, 9.17) is 0 Å². The van der Waals surface area contributed by atoms with E-state index >= 15 is 0 Å². The molecular formula is C16H30N2O2. The average Bonchev–Trinajstić information content (AvgIpc) is 2.65. The van der Waals surface area contributed by atoms with Gasteiger partial charge in [0.05, 0.1) is 12.5 Å². The zero-order valence-electron chi connectivity index (χ0n) is 13.8. The lowest BCUT2D eigenvalue weighted by atomic mass is 9.81. The highest BCUT2D eigenvalue weighted by Gasteiger charge is 2.41. The third kappa shape index (κ3) is 3.60. The summed E-state index contributed by atoms with van der Waals surface area (Å²) < 4.78 is 0. The van der Waals surface area contributed by atoms with Gasteiger partial charge in [-0.3, -0.25) is 14.5 Å². The molecular weight excluding hydrogens is 252 g/mol. The number of carbonyl (C=O) groups is 2. The van der Waals surface area contributed by atoms with Crippen molar-refractivity contribution in [1.82, 2.24) is 10.2 Å². The van der Waals surface area contributed by atoms with Gasteiger partial charge in [0.1, 0.15) is 0 Å². The molecule has 0 radical (unpaired) electrons. The van der Waals surface area contributed by atoms with E-state index in [0.717, 1.165) is 19.4 Å². The van der Waals surface area contributed by atoms with Crippen molar-refractivity contribution in [3.8, 4) is 0 Å². The van der Waals surface area contributed by atoms with E-state index in [0.29, 0.717) is 12.3 Å². The molecule has 1 fully saturated rings. The molecule has 0 bridgehead atoms. The minimum absolute atomic E-state index is 0.0245. The number of imide groups is 1. The molecule has 0 saturated carbocycles. The third-order valence-electron chi connectivity index (χ3n) is 4.86. The van der Waals surface area contributed by atoms with Gasteiger partial charge in [0.2, 0.25) is 11.8 Å². The molecule has 0 aliphatic carbocycles. The highest BCUT2D eigenvalue weighted by Crippen LogP contribution is 2.26. The van der Waals surface area contributed by atoms with Crippen LogP contribution >= 0.6 is 0 Å². The number of hydrogen-bond acceptors (Lipinski definition) is 3. The zero-order chi connectivity index (χ0) is 15.5. The number of amides is 2. The molecule has 1 atom stereocenters. The first-order valence-corrected chi connectivity index (χ1v) is 7.83. The van der Waals surface area contributed by atoms with Crippen molar-refractivity contribution in [3.63, 3.8) is 0 Å². The van der Waals surface area contributed by atoms with Gasteiger partial charge in [-0.05, 0) is 24.2 Å². The lowest BCUT2D eigenvalue weighted by Crippen LogP contribution is -2.46. The molecule has 0 aromatic heterocycles. The van der Waals surface area contributed by atoms with Gasteiger partial charge >= 0.3 is 0 Å². The first-order chi connectivity index (χ1) is 9.24. The molecule has 1 aliphatic rings. The Hall–Kier alpha value is -0.900. The molecule has 1 unspecified atom stereocenters. The number of nitrogens with zero attached hydrogens (tertiary/aromatic N) is 1. The van der Waals surface area contributed by atoms with Crippen molar-refractivity contribution in [2.75, 3.05) is 6.54 Å². The highest BCUT2D eigenvalue weighted by atomic mass is 16.2. The Bertz CT molecular complexity index is 359. The smallest absolute Gasteiger partial charge is 0.247 e. The van der Waals surface area contributed by atoms with E-state index in [1.165, 1.54) is 4.90 Å². The summed E-state index contributed by atoms with van der Waals surface area (Å²) in [5.41, 5.74) is 0.117. The van der Waals surface area contributed by atoms with Gasteiger partial charge < -0.3 is 5.32 Å². The summed E-state index contributed by atoms with van der Waals surface area (Å²) in [4.78, 5) is 26.0. The summed E-state index contributed by atoms with van der Waals surface area (Å²) >= 11 is 0. The summed E-state index contributed by atoms with van der Waals surface area (Å²) in [6.07, 6.45) is 1.97. The molecule has 1 saturated heterocycles. The second-order valence-electron chi connectivity index (χ2n) is 6.85. The highest BCUT2D eigenvalue weighted by molar-refractivity contribution is 6.05. The van der Waals surface area contributed by atoms with Gasteiger partial charge in [0, 0.05) is 12.6 Å². The molecule has 4 nitrogen and oxygen atoms in total. The van der Waals surface area contributed by atoms with Crippen LogP contribution in [0.25, 0.3) is 0 Å². The van der Waals surface area contributed by atoms with Crippen molar-refractivity contribution >= 4 is 11.8 Å². The number of rotatable bonds is 7. The maximum absolute atomic E-state index is 12.4. The van der Waals surface area contributed by atoms with E-state index in [-0.39, 0.29) is 29.3 Å². The molecule has 0 aromatic rings. The normalized spacial score (nSPS) is 20.6. The van der Waals surface area contributed by atoms with Crippen LogP contribution in [-0.2, 0) is 9.59 Å². The standard InChI is InChI=1S/C16H30N2O2/c1-7-12(8-2)18-14(19)9-13(15(18)20)17-10-16(5,6)11(3)4/h11-13,17H,7-10H2,1-6H3. The van der Waals surface area contributed by atoms with Gasteiger partial charge in [-0.1, -0.05) is 41.5 Å². The van der Waals surface area contributed by atoms with Gasteiger partial charge in [-0.15, -0.1) is 0 Å². The fourth-order valence-corrected chi connectivity index (χ4v) is 2.44. The average molecular weight is 282 g/mol. The van der Waals surface area contributed by atoms with E-state index in [1.807, 2.05) is 13.8 Å². The molecule has 0 spiro atoms. The number of nitrogens with one attached hydrogen (secondary N) is 1. The van der Waals surface area contributed by atoms with Crippen LogP contribution in [0.5, 0.6) is 0 Å². The lowest BCUT2D eigenvalue weighted by Gasteiger charge is -2.31. The Morgan fingerprint density at radius 3 is 2.25 bits per heavy atom. The van der Waals surface area contributed by atoms with Crippen LogP contribution in [-0.4, -0.2) is 35.3 Å². The Morgan fingerprint density at radius 2 is 1.80 bits per heavy atom. The van der Waals surface area contributed by atoms with E-state index in [2.05, 4.69) is 33.0 Å². The second-order valence-corrected chi connectivity index (χ2v) is 6.85. The van der Waals surface area contributed by atoms with Gasteiger partial charge in [0.15, 0.2) is 0 Å². The summed E-state index contributed by atoms with van der Waals surface area (Å²) in [5.74, 6) is 0.462. The van der Waals surface area contributed by atoms with Crippen LogP contribution in [0, 0.1) is 11.3 Å². The van der Waals surface area contributed by atoms with Crippen molar-refractivity contribution in [2.45, 2.75) is 72.9 Å². The molecule has 1 rings (SSSR count). The minimum Gasteiger partial charge on any atom is -0.305 e. The Morgan fingerprint density at radius 1 is 1.25 bits per heavy atom. The summed E-state index contributed by atoms with van der Waals surface area (Å²) in [5, 5.41) is 3.30. The van der Waals surface area contributed by atoms with Gasteiger partial charge in [-0.25, -0.2) is 0 Å². The molecule has 0 aromatic carbocycles. The van der Waals surface area contributed by atoms with Gasteiger partial charge in [0.25, 0.3) is 0 Å². The number of carbonyl (C=O) groups excluding carboxylic acids is 2. The van der Waals surface area contributed by atoms with E-state index < -0.39 is 0 Å². The van der Waals surface area contributed by atoms with Crippen LogP contribution in [0.3, 0.4) is 0 Å². The lowest BCUT2D eigenvalue weighted by molar-refractivity contribution is -0.141. The molecule has 20 heavy (non-hydrogen) atoms. The predicted octanol–water partition coefficient (Wildman–Crippen LogP) is 2.57. The van der Waals surface area contributed by atoms with Crippen molar-refractivity contribution in [1.29, 1.82) is 0 Å². The SMILES string of the molecule is CCC(CC)N1C(=O)CC(NCC(C)(C)C(C)C)C1=O. The topological polar surface area (TPSA) is 49.4 Å². The fraction of sp³-hybridized carbons (Fsp3) is 0.875. The van der Waals surface area contributed by atoms with Crippen LogP contribution in [0.2, 0.25) is 0 Å². The maximum Gasteiger partial charge on any atom is 0.247 e. The largest absolute Gasteiger partial charge is 0.305 e. The molecule has 1 aliphatic heterocycles. The Kier molecular flexibility index (Phi) is 5.75. The summed E-state index contributed by atoms with van der Waals surface area (Å²) in [7, 11) is 0.